The summed E-state index contributed by atoms with van der Waals surface area (Å²) < 4.78 is 0. The molecular weight excluding hydrogens is 241 g/mol. The Bertz CT molecular complexity index is 350. The lowest BCUT2D eigenvalue weighted by atomic mass is 10.0. The van der Waals surface area contributed by atoms with Gasteiger partial charge in [0.15, 0.2) is 0 Å². The number of hydrogen-bond acceptors (Lipinski definition) is 1. The Kier molecular flexibility index (Phi) is 5.89. The average molecular weight is 258 g/mol. The second kappa shape index (κ2) is 6.95. The van der Waals surface area contributed by atoms with Crippen molar-refractivity contribution in [2.75, 3.05) is 7.05 Å². The monoisotopic (exact) mass is 257 g/mol. The second-order valence-electron chi connectivity index (χ2n) is 3.70. The summed E-state index contributed by atoms with van der Waals surface area (Å²) >= 11 is 12.2. The van der Waals surface area contributed by atoms with Gasteiger partial charge < -0.3 is 5.32 Å². The van der Waals surface area contributed by atoms with Gasteiger partial charge >= 0.3 is 0 Å². The topological polar surface area (TPSA) is 12.0 Å². The van der Waals surface area contributed by atoms with Crippen molar-refractivity contribution in [2.45, 2.75) is 25.3 Å². The van der Waals surface area contributed by atoms with Crippen molar-refractivity contribution >= 4 is 23.2 Å². The summed E-state index contributed by atoms with van der Waals surface area (Å²) in [5.41, 5.74) is 1.07. The number of nitrogens with one attached hydrogen (secondary N) is 1. The largest absolute Gasteiger partial charge is 0.313 e. The van der Waals surface area contributed by atoms with E-state index in [0.717, 1.165) is 24.8 Å². The number of rotatable bonds is 6. The van der Waals surface area contributed by atoms with E-state index >= 15 is 0 Å². The van der Waals surface area contributed by atoms with Gasteiger partial charge in [0.05, 0.1) is 10.0 Å². The van der Waals surface area contributed by atoms with Gasteiger partial charge in [-0.25, -0.2) is 0 Å². The molecule has 0 aromatic heterocycles. The number of halogens is 2. The van der Waals surface area contributed by atoms with Crippen LogP contribution in [0.2, 0.25) is 10.0 Å². The molecule has 0 bridgehead atoms. The van der Waals surface area contributed by atoms with Crippen molar-refractivity contribution in [1.82, 2.24) is 5.32 Å². The smallest absolute Gasteiger partial charge is 0.0640 e. The van der Waals surface area contributed by atoms with E-state index in [-0.39, 0.29) is 6.04 Å². The molecule has 3 heteroatoms. The van der Waals surface area contributed by atoms with Gasteiger partial charge in [0.2, 0.25) is 0 Å². The maximum absolute atomic E-state index is 6.19. The Labute approximate surface area is 107 Å². The van der Waals surface area contributed by atoms with Crippen molar-refractivity contribution in [3.05, 3.63) is 46.5 Å². The standard InChI is InChI=1S/C13H17Cl2N/c1-3-4-5-9-12(16-2)10-7-6-8-11(14)13(10)15/h3,6-8,12,16H,1,4-5,9H2,2H3. The number of benzene rings is 1. The molecule has 1 N–H and O–H groups in total. The molecule has 0 radical (unpaired) electrons. The summed E-state index contributed by atoms with van der Waals surface area (Å²) in [5, 5.41) is 4.54. The summed E-state index contributed by atoms with van der Waals surface area (Å²) in [6.45, 7) is 3.72. The highest BCUT2D eigenvalue weighted by atomic mass is 35.5. The van der Waals surface area contributed by atoms with Crippen LogP contribution in [-0.2, 0) is 0 Å². The van der Waals surface area contributed by atoms with E-state index in [2.05, 4.69) is 11.9 Å². The number of unbranched alkanes of at least 4 members (excludes halogenated alkanes) is 1. The minimum Gasteiger partial charge on any atom is -0.313 e. The third-order valence-electron chi connectivity index (χ3n) is 2.61. The fraction of sp³-hybridized carbons (Fsp3) is 0.385. The van der Waals surface area contributed by atoms with Crippen molar-refractivity contribution in [3.63, 3.8) is 0 Å². The van der Waals surface area contributed by atoms with Crippen LogP contribution in [0.4, 0.5) is 0 Å². The molecule has 0 heterocycles. The Morgan fingerprint density at radius 2 is 2.19 bits per heavy atom. The van der Waals surface area contributed by atoms with Crippen LogP contribution in [0.25, 0.3) is 0 Å². The molecule has 88 valence electrons. The lowest BCUT2D eigenvalue weighted by Gasteiger charge is -2.18. The van der Waals surface area contributed by atoms with Crippen LogP contribution in [0.15, 0.2) is 30.9 Å². The van der Waals surface area contributed by atoms with E-state index in [1.165, 1.54) is 0 Å². The first-order chi connectivity index (χ1) is 7.70. The van der Waals surface area contributed by atoms with Gasteiger partial charge in [-0.15, -0.1) is 6.58 Å². The summed E-state index contributed by atoms with van der Waals surface area (Å²) in [7, 11) is 1.94. The number of allylic oxidation sites excluding steroid dienone is 1. The molecule has 1 atom stereocenters. The van der Waals surface area contributed by atoms with Gasteiger partial charge in [0.25, 0.3) is 0 Å². The van der Waals surface area contributed by atoms with Gasteiger partial charge in [-0.3, -0.25) is 0 Å². The Hall–Kier alpha value is -0.500. The zero-order valence-electron chi connectivity index (χ0n) is 9.47. The summed E-state index contributed by atoms with van der Waals surface area (Å²) in [4.78, 5) is 0. The molecule has 0 aliphatic heterocycles. The summed E-state index contributed by atoms with van der Waals surface area (Å²) in [6.07, 6.45) is 5.09. The molecule has 1 unspecified atom stereocenters. The molecule has 1 aromatic rings. The molecule has 0 aliphatic rings. The van der Waals surface area contributed by atoms with E-state index in [1.54, 1.807) is 0 Å². The third-order valence-corrected chi connectivity index (χ3v) is 3.44. The first-order valence-electron chi connectivity index (χ1n) is 5.42. The van der Waals surface area contributed by atoms with Crippen LogP contribution in [-0.4, -0.2) is 7.05 Å². The molecule has 1 nitrogen and oxygen atoms in total. The van der Waals surface area contributed by atoms with Gasteiger partial charge in [-0.2, -0.15) is 0 Å². The maximum Gasteiger partial charge on any atom is 0.0640 e. The average Bonchev–Trinajstić information content (AvgIpc) is 2.29. The molecule has 1 rings (SSSR count). The van der Waals surface area contributed by atoms with Crippen molar-refractivity contribution in [2.24, 2.45) is 0 Å². The van der Waals surface area contributed by atoms with E-state index in [9.17, 15) is 0 Å². The van der Waals surface area contributed by atoms with Crippen LogP contribution in [0.3, 0.4) is 0 Å². The van der Waals surface area contributed by atoms with Crippen molar-refractivity contribution < 1.29 is 0 Å². The predicted molar refractivity (Wildman–Crippen MR) is 72.3 cm³/mol. The molecule has 0 aliphatic carbocycles. The quantitative estimate of drug-likeness (QED) is 0.580. The number of hydrogen-bond donors (Lipinski definition) is 1. The molecule has 1 aromatic carbocycles. The fourth-order valence-electron chi connectivity index (χ4n) is 1.71. The van der Waals surface area contributed by atoms with Crippen molar-refractivity contribution in [1.29, 1.82) is 0 Å². The zero-order chi connectivity index (χ0) is 12.0. The lowest BCUT2D eigenvalue weighted by Crippen LogP contribution is -2.16. The predicted octanol–water partition coefficient (Wildman–Crippen LogP) is 4.61. The van der Waals surface area contributed by atoms with Gasteiger partial charge in [-0.05, 0) is 37.9 Å². The molecule has 0 amide bonds. The zero-order valence-corrected chi connectivity index (χ0v) is 11.0. The van der Waals surface area contributed by atoms with Crippen LogP contribution < -0.4 is 5.32 Å². The highest BCUT2D eigenvalue weighted by Crippen LogP contribution is 2.31. The highest BCUT2D eigenvalue weighted by Gasteiger charge is 2.13. The van der Waals surface area contributed by atoms with E-state index in [0.29, 0.717) is 10.0 Å². The van der Waals surface area contributed by atoms with Gasteiger partial charge in [-0.1, -0.05) is 41.4 Å². The first-order valence-corrected chi connectivity index (χ1v) is 6.18. The summed E-state index contributed by atoms with van der Waals surface area (Å²) in [6, 6.07) is 6.01. The van der Waals surface area contributed by atoms with Crippen LogP contribution >= 0.6 is 23.2 Å². The van der Waals surface area contributed by atoms with Gasteiger partial charge in [0.1, 0.15) is 0 Å². The van der Waals surface area contributed by atoms with Crippen LogP contribution in [0.1, 0.15) is 30.9 Å². The third kappa shape index (κ3) is 3.51. The maximum atomic E-state index is 6.19. The normalized spacial score (nSPS) is 12.4. The molecular formula is C13H17Cl2N. The molecule has 0 saturated carbocycles. The van der Waals surface area contributed by atoms with Crippen LogP contribution in [0.5, 0.6) is 0 Å². The van der Waals surface area contributed by atoms with E-state index < -0.39 is 0 Å². The van der Waals surface area contributed by atoms with Crippen molar-refractivity contribution in [3.8, 4) is 0 Å². The fourth-order valence-corrected chi connectivity index (χ4v) is 2.15. The minimum atomic E-state index is 0.256. The molecule has 0 spiro atoms. The molecule has 16 heavy (non-hydrogen) atoms. The molecule has 0 fully saturated rings. The Morgan fingerprint density at radius 3 is 2.81 bits per heavy atom. The first kappa shape index (κ1) is 13.6. The molecule has 0 saturated heterocycles. The highest BCUT2D eigenvalue weighted by molar-refractivity contribution is 6.42. The van der Waals surface area contributed by atoms with Crippen LogP contribution in [0, 0.1) is 0 Å². The minimum absolute atomic E-state index is 0.256. The Morgan fingerprint density at radius 1 is 1.44 bits per heavy atom. The Balaban J connectivity index is 2.78. The van der Waals surface area contributed by atoms with Gasteiger partial charge in [0, 0.05) is 6.04 Å². The summed E-state index contributed by atoms with van der Waals surface area (Å²) in [5.74, 6) is 0. The van der Waals surface area contributed by atoms with E-state index in [4.69, 9.17) is 23.2 Å². The SMILES string of the molecule is C=CCCCC(NC)c1cccc(Cl)c1Cl. The van der Waals surface area contributed by atoms with E-state index in [1.807, 2.05) is 31.3 Å². The lowest BCUT2D eigenvalue weighted by molar-refractivity contribution is 0.530. The second-order valence-corrected chi connectivity index (χ2v) is 4.49.